The summed E-state index contributed by atoms with van der Waals surface area (Å²) in [4.78, 5) is 20.1. The van der Waals surface area contributed by atoms with Crippen molar-refractivity contribution < 1.29 is 17.9 Å². The first-order valence-electron chi connectivity index (χ1n) is 9.53. The quantitative estimate of drug-likeness (QED) is 0.417. The van der Waals surface area contributed by atoms with Crippen molar-refractivity contribution in [1.82, 2.24) is 9.97 Å². The molecule has 0 aliphatic rings. The summed E-state index contributed by atoms with van der Waals surface area (Å²) in [6.45, 7) is 2.04. The minimum Gasteiger partial charge on any atom is -0.492 e. The SMILES string of the molecule is Cc1ccnc(NS(=O)(=O)c2ccc(NC(=O)CCCOc3ccc(Cl)cc3Cl)cc2)n1. The molecule has 0 spiro atoms. The van der Waals surface area contributed by atoms with Crippen LogP contribution in [0.15, 0.2) is 59.6 Å². The van der Waals surface area contributed by atoms with Crippen molar-refractivity contribution in [2.24, 2.45) is 0 Å². The van der Waals surface area contributed by atoms with Crippen LogP contribution in [0.3, 0.4) is 0 Å². The second kappa shape index (κ2) is 10.6. The van der Waals surface area contributed by atoms with Gasteiger partial charge in [-0.1, -0.05) is 23.2 Å². The maximum atomic E-state index is 12.5. The molecule has 0 aliphatic heterocycles. The first-order chi connectivity index (χ1) is 15.2. The van der Waals surface area contributed by atoms with E-state index in [-0.39, 0.29) is 23.2 Å². The van der Waals surface area contributed by atoms with E-state index >= 15 is 0 Å². The molecular formula is C21H20Cl2N4O4S. The van der Waals surface area contributed by atoms with Crippen molar-refractivity contribution in [3.05, 3.63) is 70.5 Å². The molecule has 0 unspecified atom stereocenters. The number of ether oxygens (including phenoxy) is 1. The third-order valence-electron chi connectivity index (χ3n) is 4.17. The van der Waals surface area contributed by atoms with E-state index in [0.717, 1.165) is 0 Å². The first kappa shape index (κ1) is 23.8. The van der Waals surface area contributed by atoms with Crippen LogP contribution in [0.4, 0.5) is 11.6 Å². The number of hydrogen-bond donors (Lipinski definition) is 2. The number of aryl methyl sites for hydroxylation is 1. The van der Waals surface area contributed by atoms with Crippen LogP contribution in [0.1, 0.15) is 18.5 Å². The van der Waals surface area contributed by atoms with Gasteiger partial charge in [0.15, 0.2) is 0 Å². The van der Waals surface area contributed by atoms with E-state index in [1.807, 2.05) is 0 Å². The third-order valence-corrected chi connectivity index (χ3v) is 6.04. The Kier molecular flexibility index (Phi) is 7.89. The fourth-order valence-corrected chi connectivity index (χ4v) is 4.04. The molecule has 3 rings (SSSR count). The maximum absolute atomic E-state index is 12.5. The Morgan fingerprint density at radius 1 is 1.09 bits per heavy atom. The van der Waals surface area contributed by atoms with Gasteiger partial charge in [-0.25, -0.2) is 23.1 Å². The van der Waals surface area contributed by atoms with Crippen LogP contribution in [0.2, 0.25) is 10.0 Å². The Morgan fingerprint density at radius 2 is 1.84 bits per heavy atom. The number of rotatable bonds is 9. The zero-order chi connectivity index (χ0) is 23.1. The second-order valence-corrected chi connectivity index (χ2v) is 9.25. The molecule has 0 bridgehead atoms. The molecule has 168 valence electrons. The summed E-state index contributed by atoms with van der Waals surface area (Å²) in [6, 6.07) is 12.4. The molecule has 0 aliphatic carbocycles. The highest BCUT2D eigenvalue weighted by Crippen LogP contribution is 2.27. The highest BCUT2D eigenvalue weighted by molar-refractivity contribution is 7.92. The van der Waals surface area contributed by atoms with Crippen molar-refractivity contribution in [2.45, 2.75) is 24.7 Å². The number of carbonyl (C=O) groups is 1. The second-order valence-electron chi connectivity index (χ2n) is 6.73. The van der Waals surface area contributed by atoms with Gasteiger partial charge in [0.05, 0.1) is 16.5 Å². The Balaban J connectivity index is 1.48. The van der Waals surface area contributed by atoms with Gasteiger partial charge in [-0.05, 0) is 61.9 Å². The van der Waals surface area contributed by atoms with Gasteiger partial charge in [-0.2, -0.15) is 0 Å². The zero-order valence-electron chi connectivity index (χ0n) is 17.0. The van der Waals surface area contributed by atoms with E-state index in [4.69, 9.17) is 27.9 Å². The van der Waals surface area contributed by atoms with Gasteiger partial charge in [0.1, 0.15) is 5.75 Å². The fraction of sp³-hybridized carbons (Fsp3) is 0.190. The lowest BCUT2D eigenvalue weighted by molar-refractivity contribution is -0.116. The first-order valence-corrected chi connectivity index (χ1v) is 11.8. The molecule has 0 radical (unpaired) electrons. The number of halogens is 2. The van der Waals surface area contributed by atoms with Crippen LogP contribution in [0.25, 0.3) is 0 Å². The number of hydrogen-bond acceptors (Lipinski definition) is 6. The summed E-state index contributed by atoms with van der Waals surface area (Å²) >= 11 is 11.9. The van der Waals surface area contributed by atoms with E-state index in [2.05, 4.69) is 20.0 Å². The number of amides is 1. The van der Waals surface area contributed by atoms with Gasteiger partial charge < -0.3 is 10.1 Å². The minimum absolute atomic E-state index is 0.00974. The highest BCUT2D eigenvalue weighted by Gasteiger charge is 2.16. The normalized spacial score (nSPS) is 11.1. The smallest absolute Gasteiger partial charge is 0.264 e. The van der Waals surface area contributed by atoms with Crippen LogP contribution in [-0.2, 0) is 14.8 Å². The molecule has 1 aromatic heterocycles. The molecule has 2 aromatic carbocycles. The molecule has 2 N–H and O–H groups in total. The van der Waals surface area contributed by atoms with Crippen LogP contribution >= 0.6 is 23.2 Å². The van der Waals surface area contributed by atoms with Gasteiger partial charge in [-0.3, -0.25) is 4.79 Å². The Bertz CT molecular complexity index is 1200. The lowest BCUT2D eigenvalue weighted by Crippen LogP contribution is -2.16. The number of carbonyl (C=O) groups excluding carboxylic acids is 1. The molecule has 0 saturated heterocycles. The number of anilines is 2. The standard InChI is InChI=1S/C21H20Cl2N4O4S/c1-14-10-11-24-21(25-14)27-32(29,30)17-7-5-16(6-8-17)26-20(28)3-2-12-31-19-9-4-15(22)13-18(19)23/h4-11,13H,2-3,12H2,1H3,(H,26,28)(H,24,25,27). The van der Waals surface area contributed by atoms with Crippen LogP contribution in [0, 0.1) is 6.92 Å². The molecule has 0 saturated carbocycles. The van der Waals surface area contributed by atoms with Crippen molar-refractivity contribution in [2.75, 3.05) is 16.6 Å². The van der Waals surface area contributed by atoms with Gasteiger partial charge >= 0.3 is 0 Å². The molecule has 1 amide bonds. The Morgan fingerprint density at radius 3 is 2.53 bits per heavy atom. The highest BCUT2D eigenvalue weighted by atomic mass is 35.5. The average molecular weight is 495 g/mol. The maximum Gasteiger partial charge on any atom is 0.264 e. The molecule has 0 atom stereocenters. The summed E-state index contributed by atoms with van der Waals surface area (Å²) in [5.41, 5.74) is 1.11. The molecular weight excluding hydrogens is 475 g/mol. The van der Waals surface area contributed by atoms with Crippen LogP contribution < -0.4 is 14.8 Å². The fourth-order valence-electron chi connectivity index (χ4n) is 2.63. The zero-order valence-corrected chi connectivity index (χ0v) is 19.3. The number of nitrogens with one attached hydrogen (secondary N) is 2. The summed E-state index contributed by atoms with van der Waals surface area (Å²) in [5.74, 6) is 0.264. The number of sulfonamides is 1. The summed E-state index contributed by atoms with van der Waals surface area (Å²) in [6.07, 6.45) is 2.16. The number of nitrogens with zero attached hydrogens (tertiary/aromatic N) is 2. The largest absolute Gasteiger partial charge is 0.492 e. The van der Waals surface area contributed by atoms with E-state index in [1.165, 1.54) is 30.5 Å². The lowest BCUT2D eigenvalue weighted by Gasteiger charge is -2.10. The third kappa shape index (κ3) is 6.81. The predicted molar refractivity (Wildman–Crippen MR) is 124 cm³/mol. The topological polar surface area (TPSA) is 110 Å². The van der Waals surface area contributed by atoms with Crippen molar-refractivity contribution in [3.8, 4) is 5.75 Å². The van der Waals surface area contributed by atoms with E-state index in [9.17, 15) is 13.2 Å². The van der Waals surface area contributed by atoms with Crippen LogP contribution in [-0.4, -0.2) is 30.9 Å². The molecule has 11 heteroatoms. The van der Waals surface area contributed by atoms with Gasteiger partial charge in [-0.15, -0.1) is 0 Å². The number of benzene rings is 2. The summed E-state index contributed by atoms with van der Waals surface area (Å²) in [7, 11) is -3.85. The summed E-state index contributed by atoms with van der Waals surface area (Å²) < 4.78 is 32.8. The summed E-state index contributed by atoms with van der Waals surface area (Å²) in [5, 5.41) is 3.63. The van der Waals surface area contributed by atoms with Crippen molar-refractivity contribution in [1.29, 1.82) is 0 Å². The Hall–Kier alpha value is -2.88. The van der Waals surface area contributed by atoms with E-state index in [1.54, 1.807) is 31.2 Å². The molecule has 1 heterocycles. The minimum atomic E-state index is -3.85. The predicted octanol–water partition coefficient (Wildman–Crippen LogP) is 4.69. The monoisotopic (exact) mass is 494 g/mol. The van der Waals surface area contributed by atoms with Crippen molar-refractivity contribution >= 4 is 50.8 Å². The van der Waals surface area contributed by atoms with Crippen molar-refractivity contribution in [3.63, 3.8) is 0 Å². The van der Waals surface area contributed by atoms with Crippen LogP contribution in [0.5, 0.6) is 5.75 Å². The lowest BCUT2D eigenvalue weighted by atomic mass is 10.2. The average Bonchev–Trinajstić information content (AvgIpc) is 2.72. The van der Waals surface area contributed by atoms with Gasteiger partial charge in [0, 0.05) is 29.0 Å². The molecule has 0 fully saturated rings. The number of aromatic nitrogens is 2. The molecule has 32 heavy (non-hydrogen) atoms. The molecule has 3 aromatic rings. The molecule has 8 nitrogen and oxygen atoms in total. The van der Waals surface area contributed by atoms with Gasteiger partial charge in [0.2, 0.25) is 11.9 Å². The van der Waals surface area contributed by atoms with E-state index in [0.29, 0.717) is 40.2 Å². The Labute approximate surface area is 196 Å². The van der Waals surface area contributed by atoms with E-state index < -0.39 is 10.0 Å². The van der Waals surface area contributed by atoms with Gasteiger partial charge in [0.25, 0.3) is 10.0 Å².